The van der Waals surface area contributed by atoms with Gasteiger partial charge in [0, 0.05) is 23.4 Å². The zero-order chi connectivity index (χ0) is 14.6. The highest BCUT2D eigenvalue weighted by molar-refractivity contribution is 5.69. The van der Waals surface area contributed by atoms with Gasteiger partial charge in [0.1, 0.15) is 0 Å². The van der Waals surface area contributed by atoms with Gasteiger partial charge in [-0.15, -0.1) is 0 Å². The molecule has 0 fully saturated rings. The Labute approximate surface area is 111 Å². The van der Waals surface area contributed by atoms with Gasteiger partial charge in [-0.2, -0.15) is 0 Å². The second kappa shape index (κ2) is 6.17. The van der Waals surface area contributed by atoms with Crippen LogP contribution in [0.25, 0.3) is 0 Å². The molecule has 0 aliphatic heterocycles. The van der Waals surface area contributed by atoms with Crippen molar-refractivity contribution in [1.82, 2.24) is 0 Å². The largest absolute Gasteiger partial charge is 0.481 e. The number of nitrogens with one attached hydrogen (secondary N) is 1. The lowest BCUT2D eigenvalue weighted by Gasteiger charge is -2.22. The smallest absolute Gasteiger partial charge is 0.305 e. The molecule has 6 nitrogen and oxygen atoms in total. The lowest BCUT2D eigenvalue weighted by molar-refractivity contribution is -0.385. The summed E-state index contributed by atoms with van der Waals surface area (Å²) in [6.07, 6.45) is -0.0280. The molecule has 0 aliphatic carbocycles. The number of carboxylic acid groups (broad SMARTS) is 1. The quantitative estimate of drug-likeness (QED) is 0.610. The van der Waals surface area contributed by atoms with E-state index in [0.29, 0.717) is 11.3 Å². The number of carbonyl (C=O) groups is 1. The summed E-state index contributed by atoms with van der Waals surface area (Å²) in [5.41, 5.74) is 1.15. The molecular formula is C13H18N2O4. The molecule has 0 aromatic heterocycles. The number of anilines is 1. The van der Waals surface area contributed by atoms with Crippen molar-refractivity contribution in [3.63, 3.8) is 0 Å². The Balaban J connectivity index is 3.00. The van der Waals surface area contributed by atoms with Crippen LogP contribution in [0.1, 0.15) is 25.8 Å². The van der Waals surface area contributed by atoms with Crippen LogP contribution in [-0.2, 0) is 4.79 Å². The maximum Gasteiger partial charge on any atom is 0.305 e. The molecule has 0 spiro atoms. The molecule has 2 N–H and O–H groups in total. The van der Waals surface area contributed by atoms with Crippen LogP contribution in [-0.4, -0.2) is 22.0 Å². The molecule has 19 heavy (non-hydrogen) atoms. The Hall–Kier alpha value is -2.11. The van der Waals surface area contributed by atoms with Crippen molar-refractivity contribution in [3.05, 3.63) is 33.9 Å². The number of nitro benzene ring substituents is 1. The van der Waals surface area contributed by atoms with E-state index in [1.54, 1.807) is 19.1 Å². The summed E-state index contributed by atoms with van der Waals surface area (Å²) in [6, 6.07) is 4.48. The minimum Gasteiger partial charge on any atom is -0.481 e. The van der Waals surface area contributed by atoms with Crippen LogP contribution in [0.3, 0.4) is 0 Å². The van der Waals surface area contributed by atoms with Gasteiger partial charge >= 0.3 is 5.97 Å². The monoisotopic (exact) mass is 266 g/mol. The van der Waals surface area contributed by atoms with Crippen LogP contribution in [0.2, 0.25) is 0 Å². The maximum absolute atomic E-state index is 10.9. The van der Waals surface area contributed by atoms with Crippen molar-refractivity contribution in [1.29, 1.82) is 0 Å². The molecule has 0 radical (unpaired) electrons. The standard InChI is InChI=1S/C13H18N2O4/c1-8(2)11(7-13(16)17)14-10-5-4-6-12(9(10)3)15(18)19/h4-6,8,11,14H,7H2,1-3H3,(H,16,17). The highest BCUT2D eigenvalue weighted by atomic mass is 16.6. The SMILES string of the molecule is Cc1c(NC(CC(=O)O)C(C)C)cccc1[N+](=O)[O-]. The summed E-state index contributed by atoms with van der Waals surface area (Å²) >= 11 is 0. The third-order valence-corrected chi connectivity index (χ3v) is 3.04. The van der Waals surface area contributed by atoms with Gasteiger partial charge in [-0.1, -0.05) is 19.9 Å². The summed E-state index contributed by atoms with van der Waals surface area (Å²) in [5, 5.41) is 22.8. The first kappa shape index (κ1) is 14.9. The molecule has 104 valence electrons. The zero-order valence-corrected chi connectivity index (χ0v) is 11.2. The second-order valence-electron chi connectivity index (χ2n) is 4.80. The molecule has 0 bridgehead atoms. The predicted octanol–water partition coefficient (Wildman–Crippen LogP) is 2.81. The topological polar surface area (TPSA) is 92.5 Å². The zero-order valence-electron chi connectivity index (χ0n) is 11.2. The molecule has 0 saturated heterocycles. The maximum atomic E-state index is 10.9. The summed E-state index contributed by atoms with van der Waals surface area (Å²) in [6.45, 7) is 5.47. The molecule has 0 saturated carbocycles. The van der Waals surface area contributed by atoms with E-state index in [9.17, 15) is 14.9 Å². The second-order valence-corrected chi connectivity index (χ2v) is 4.80. The van der Waals surface area contributed by atoms with E-state index in [4.69, 9.17) is 5.11 Å². The fourth-order valence-corrected chi connectivity index (χ4v) is 1.82. The van der Waals surface area contributed by atoms with Crippen LogP contribution in [0.15, 0.2) is 18.2 Å². The van der Waals surface area contributed by atoms with Crippen molar-refractivity contribution in [2.24, 2.45) is 5.92 Å². The number of hydrogen-bond donors (Lipinski definition) is 2. The Morgan fingerprint density at radius 3 is 2.58 bits per heavy atom. The van der Waals surface area contributed by atoms with Crippen LogP contribution in [0.5, 0.6) is 0 Å². The number of nitrogens with zero attached hydrogens (tertiary/aromatic N) is 1. The van der Waals surface area contributed by atoms with Crippen molar-refractivity contribution in [2.75, 3.05) is 5.32 Å². The normalized spacial score (nSPS) is 12.2. The summed E-state index contributed by atoms with van der Waals surface area (Å²) < 4.78 is 0. The molecular weight excluding hydrogens is 248 g/mol. The molecule has 6 heteroatoms. The van der Waals surface area contributed by atoms with E-state index in [1.807, 2.05) is 13.8 Å². The number of carboxylic acids is 1. The Bertz CT molecular complexity index is 486. The fraction of sp³-hybridized carbons (Fsp3) is 0.462. The number of hydrogen-bond acceptors (Lipinski definition) is 4. The van der Waals surface area contributed by atoms with Crippen LogP contribution in [0.4, 0.5) is 11.4 Å². The number of nitro groups is 1. The first-order valence-corrected chi connectivity index (χ1v) is 6.05. The van der Waals surface area contributed by atoms with Crippen molar-refractivity contribution in [3.8, 4) is 0 Å². The van der Waals surface area contributed by atoms with E-state index in [1.165, 1.54) is 6.07 Å². The van der Waals surface area contributed by atoms with Crippen molar-refractivity contribution < 1.29 is 14.8 Å². The molecule has 0 heterocycles. The molecule has 1 aromatic carbocycles. The van der Waals surface area contributed by atoms with Crippen LogP contribution in [0, 0.1) is 23.0 Å². The average Bonchev–Trinajstić information content (AvgIpc) is 2.29. The van der Waals surface area contributed by atoms with Gasteiger partial charge < -0.3 is 10.4 Å². The number of benzene rings is 1. The van der Waals surface area contributed by atoms with Crippen molar-refractivity contribution in [2.45, 2.75) is 33.2 Å². The third-order valence-electron chi connectivity index (χ3n) is 3.04. The van der Waals surface area contributed by atoms with Crippen LogP contribution >= 0.6 is 0 Å². The Kier molecular flexibility index (Phi) is 4.86. The number of aliphatic carboxylic acids is 1. The van der Waals surface area contributed by atoms with Gasteiger partial charge in [-0.05, 0) is 18.9 Å². The summed E-state index contributed by atoms with van der Waals surface area (Å²) in [4.78, 5) is 21.2. The summed E-state index contributed by atoms with van der Waals surface area (Å²) in [5.74, 6) is -0.788. The predicted molar refractivity (Wildman–Crippen MR) is 72.3 cm³/mol. The van der Waals surface area contributed by atoms with E-state index in [2.05, 4.69) is 5.32 Å². The van der Waals surface area contributed by atoms with E-state index in [0.717, 1.165) is 0 Å². The minimum absolute atomic E-state index is 0.0280. The lowest BCUT2D eigenvalue weighted by atomic mass is 10.00. The number of rotatable bonds is 6. The van der Waals surface area contributed by atoms with Gasteiger partial charge in [0.2, 0.25) is 0 Å². The van der Waals surface area contributed by atoms with Crippen LogP contribution < -0.4 is 5.32 Å². The Morgan fingerprint density at radius 2 is 2.11 bits per heavy atom. The van der Waals surface area contributed by atoms with E-state index >= 15 is 0 Å². The van der Waals surface area contributed by atoms with Gasteiger partial charge in [0.15, 0.2) is 0 Å². The lowest BCUT2D eigenvalue weighted by Crippen LogP contribution is -2.28. The molecule has 0 aliphatic rings. The highest BCUT2D eigenvalue weighted by Crippen LogP contribution is 2.27. The fourth-order valence-electron chi connectivity index (χ4n) is 1.82. The van der Waals surface area contributed by atoms with Gasteiger partial charge in [-0.3, -0.25) is 14.9 Å². The van der Waals surface area contributed by atoms with E-state index < -0.39 is 10.9 Å². The van der Waals surface area contributed by atoms with Gasteiger partial charge in [-0.25, -0.2) is 0 Å². The van der Waals surface area contributed by atoms with E-state index in [-0.39, 0.29) is 24.1 Å². The molecule has 1 unspecified atom stereocenters. The molecule has 1 rings (SSSR count). The first-order chi connectivity index (χ1) is 8.82. The molecule has 0 amide bonds. The van der Waals surface area contributed by atoms with Gasteiger partial charge in [0.05, 0.1) is 11.3 Å². The van der Waals surface area contributed by atoms with Crippen molar-refractivity contribution >= 4 is 17.3 Å². The highest BCUT2D eigenvalue weighted by Gasteiger charge is 2.20. The summed E-state index contributed by atoms with van der Waals surface area (Å²) in [7, 11) is 0. The Morgan fingerprint density at radius 1 is 1.47 bits per heavy atom. The first-order valence-electron chi connectivity index (χ1n) is 6.05. The third kappa shape index (κ3) is 3.94. The molecule has 1 aromatic rings. The average molecular weight is 266 g/mol. The van der Waals surface area contributed by atoms with Gasteiger partial charge in [0.25, 0.3) is 5.69 Å². The minimum atomic E-state index is -0.894. The molecule has 1 atom stereocenters.